The highest BCUT2D eigenvalue weighted by Gasteiger charge is 2.15. The molecule has 1 atom stereocenters. The van der Waals surface area contributed by atoms with Gasteiger partial charge in [-0.2, -0.15) is 0 Å². The van der Waals surface area contributed by atoms with Crippen LogP contribution in [0, 0.1) is 0 Å². The third kappa shape index (κ3) is 4.82. The number of methoxy groups -OCH3 is 1. The summed E-state index contributed by atoms with van der Waals surface area (Å²) < 4.78 is 11.6. The highest BCUT2D eigenvalue weighted by molar-refractivity contribution is 9.10. The van der Waals surface area contributed by atoms with Gasteiger partial charge in [0.25, 0.3) is 0 Å². The zero-order valence-corrected chi connectivity index (χ0v) is 14.3. The van der Waals surface area contributed by atoms with Crippen LogP contribution in [-0.2, 0) is 4.79 Å². The number of carboxylic acids is 1. The minimum absolute atomic E-state index is 0.378. The van der Waals surface area contributed by atoms with Crippen molar-refractivity contribution in [2.75, 3.05) is 7.11 Å². The normalized spacial score (nSPS) is 12.1. The van der Waals surface area contributed by atoms with Crippen LogP contribution in [0.15, 0.2) is 51.9 Å². The minimum atomic E-state index is -1.03. The molecule has 0 unspecified atom stereocenters. The van der Waals surface area contributed by atoms with E-state index in [1.807, 2.05) is 24.3 Å². The van der Waals surface area contributed by atoms with E-state index in [2.05, 4.69) is 20.9 Å². The van der Waals surface area contributed by atoms with E-state index in [4.69, 9.17) is 14.6 Å². The first-order chi connectivity index (χ1) is 11.0. The van der Waals surface area contributed by atoms with E-state index in [0.29, 0.717) is 11.5 Å². The van der Waals surface area contributed by atoms with Gasteiger partial charge in [0.2, 0.25) is 0 Å². The number of nitrogens with zero attached hydrogens (tertiary/aromatic N) is 1. The third-order valence-electron chi connectivity index (χ3n) is 3.03. The van der Waals surface area contributed by atoms with Crippen LogP contribution in [0.1, 0.15) is 12.5 Å². The van der Waals surface area contributed by atoms with Gasteiger partial charge in [0.15, 0.2) is 17.6 Å². The molecule has 0 bridgehead atoms. The van der Waals surface area contributed by atoms with Crippen LogP contribution >= 0.6 is 15.9 Å². The summed E-state index contributed by atoms with van der Waals surface area (Å²) in [7, 11) is 1.50. The van der Waals surface area contributed by atoms with Crippen molar-refractivity contribution in [2.45, 2.75) is 13.0 Å². The Morgan fingerprint density at radius 1 is 1.22 bits per heavy atom. The van der Waals surface area contributed by atoms with Crippen LogP contribution in [-0.4, -0.2) is 30.5 Å². The van der Waals surface area contributed by atoms with Crippen molar-refractivity contribution in [3.8, 4) is 11.5 Å². The van der Waals surface area contributed by atoms with Gasteiger partial charge in [0.05, 0.1) is 12.8 Å². The molecule has 2 rings (SSSR count). The average molecular weight is 378 g/mol. The number of ether oxygens (including phenoxy) is 2. The molecule has 1 N–H and O–H groups in total. The molecule has 23 heavy (non-hydrogen) atoms. The number of halogens is 1. The molecule has 5 nitrogen and oxygen atoms in total. The van der Waals surface area contributed by atoms with E-state index in [1.54, 1.807) is 24.4 Å². The van der Waals surface area contributed by atoms with E-state index in [-0.39, 0.29) is 0 Å². The van der Waals surface area contributed by atoms with Crippen molar-refractivity contribution < 1.29 is 19.4 Å². The highest BCUT2D eigenvalue weighted by atomic mass is 79.9. The lowest BCUT2D eigenvalue weighted by Gasteiger charge is -2.14. The number of carbonyl (C=O) groups is 1. The van der Waals surface area contributed by atoms with Gasteiger partial charge < -0.3 is 14.6 Å². The predicted molar refractivity (Wildman–Crippen MR) is 92.1 cm³/mol. The fraction of sp³-hybridized carbons (Fsp3) is 0.176. The second kappa shape index (κ2) is 7.78. The summed E-state index contributed by atoms with van der Waals surface area (Å²) in [6.07, 6.45) is 0.752. The first-order valence-corrected chi connectivity index (χ1v) is 7.66. The maximum absolute atomic E-state index is 10.9. The molecule has 0 aliphatic rings. The molecule has 0 aliphatic heterocycles. The van der Waals surface area contributed by atoms with Gasteiger partial charge >= 0.3 is 5.97 Å². The monoisotopic (exact) mass is 377 g/mol. The largest absolute Gasteiger partial charge is 0.493 e. The van der Waals surface area contributed by atoms with Crippen molar-refractivity contribution in [1.82, 2.24) is 0 Å². The Kier molecular flexibility index (Phi) is 5.76. The number of carboxylic acid groups (broad SMARTS) is 1. The van der Waals surface area contributed by atoms with Crippen LogP contribution in [0.2, 0.25) is 0 Å². The Morgan fingerprint density at radius 3 is 2.52 bits per heavy atom. The quantitative estimate of drug-likeness (QED) is 0.770. The molecule has 0 amide bonds. The molecule has 0 radical (unpaired) electrons. The first kappa shape index (κ1) is 17.0. The van der Waals surface area contributed by atoms with Gasteiger partial charge in [0, 0.05) is 10.7 Å². The summed E-state index contributed by atoms with van der Waals surface area (Å²) in [4.78, 5) is 15.2. The topological polar surface area (TPSA) is 68.1 Å². The van der Waals surface area contributed by atoms with Crippen LogP contribution in [0.25, 0.3) is 0 Å². The molecule has 0 aromatic heterocycles. The third-order valence-corrected chi connectivity index (χ3v) is 3.56. The molecular formula is C17H16BrNO4. The number of rotatable bonds is 6. The Hall–Kier alpha value is -2.34. The maximum atomic E-state index is 10.9. The molecule has 2 aromatic rings. The zero-order chi connectivity index (χ0) is 16.8. The number of hydrogen-bond acceptors (Lipinski definition) is 4. The van der Waals surface area contributed by atoms with Crippen molar-refractivity contribution in [1.29, 1.82) is 0 Å². The first-order valence-electron chi connectivity index (χ1n) is 6.86. The van der Waals surface area contributed by atoms with Crippen molar-refractivity contribution >= 4 is 33.8 Å². The smallest absolute Gasteiger partial charge is 0.344 e. The molecule has 2 aromatic carbocycles. The van der Waals surface area contributed by atoms with Gasteiger partial charge in [-0.1, -0.05) is 15.9 Å². The van der Waals surface area contributed by atoms with E-state index < -0.39 is 12.1 Å². The minimum Gasteiger partial charge on any atom is -0.493 e. The summed E-state index contributed by atoms with van der Waals surface area (Å²) in [6.45, 7) is 1.46. The highest BCUT2D eigenvalue weighted by Crippen LogP contribution is 2.28. The van der Waals surface area contributed by atoms with E-state index in [0.717, 1.165) is 15.7 Å². The van der Waals surface area contributed by atoms with Crippen LogP contribution in [0.4, 0.5) is 5.69 Å². The second-order valence-electron chi connectivity index (χ2n) is 4.74. The predicted octanol–water partition coefficient (Wildman–Crippen LogP) is 4.06. The number of benzene rings is 2. The summed E-state index contributed by atoms with van der Waals surface area (Å²) in [5, 5.41) is 8.90. The lowest BCUT2D eigenvalue weighted by molar-refractivity contribution is -0.144. The van der Waals surface area contributed by atoms with Gasteiger partial charge in [-0.05, 0) is 55.0 Å². The maximum Gasteiger partial charge on any atom is 0.344 e. The molecule has 6 heteroatoms. The van der Waals surface area contributed by atoms with E-state index in [1.165, 1.54) is 14.0 Å². The standard InChI is InChI=1S/C17H16BrNO4/c1-11(17(20)21)23-15-8-3-12(9-16(15)22-2)10-19-14-6-4-13(18)5-7-14/h3-11H,1-2H3,(H,20,21)/t11-/m1/s1. The van der Waals surface area contributed by atoms with Crippen molar-refractivity contribution in [3.63, 3.8) is 0 Å². The number of aliphatic carboxylic acids is 1. The number of aliphatic imine (C=N–C) groups is 1. The Morgan fingerprint density at radius 2 is 1.91 bits per heavy atom. The summed E-state index contributed by atoms with van der Waals surface area (Å²) in [5.41, 5.74) is 1.65. The second-order valence-corrected chi connectivity index (χ2v) is 5.66. The Labute approximate surface area is 142 Å². The van der Waals surface area contributed by atoms with Crippen LogP contribution in [0.3, 0.4) is 0 Å². The lowest BCUT2D eigenvalue weighted by atomic mass is 10.2. The van der Waals surface area contributed by atoms with Crippen molar-refractivity contribution in [3.05, 3.63) is 52.5 Å². The summed E-state index contributed by atoms with van der Waals surface area (Å²) in [6, 6.07) is 12.8. The summed E-state index contributed by atoms with van der Waals surface area (Å²) >= 11 is 3.37. The molecule has 0 heterocycles. The summed E-state index contributed by atoms with van der Waals surface area (Å²) in [5.74, 6) is -0.200. The lowest BCUT2D eigenvalue weighted by Crippen LogP contribution is -2.23. The van der Waals surface area contributed by atoms with Crippen molar-refractivity contribution in [2.24, 2.45) is 4.99 Å². The molecule has 0 spiro atoms. The number of hydrogen-bond donors (Lipinski definition) is 1. The molecule has 120 valence electrons. The molecule has 0 aliphatic carbocycles. The Bertz CT molecular complexity index is 713. The fourth-order valence-electron chi connectivity index (χ4n) is 1.78. The fourth-order valence-corrected chi connectivity index (χ4v) is 2.04. The van der Waals surface area contributed by atoms with Crippen LogP contribution < -0.4 is 9.47 Å². The van der Waals surface area contributed by atoms with Gasteiger partial charge in [-0.3, -0.25) is 4.99 Å². The molecule has 0 fully saturated rings. The molecule has 0 saturated heterocycles. The molecule has 0 saturated carbocycles. The van der Waals surface area contributed by atoms with Gasteiger partial charge in [0.1, 0.15) is 0 Å². The van der Waals surface area contributed by atoms with Gasteiger partial charge in [-0.15, -0.1) is 0 Å². The van der Waals surface area contributed by atoms with E-state index in [9.17, 15) is 4.79 Å². The van der Waals surface area contributed by atoms with Crippen LogP contribution in [0.5, 0.6) is 11.5 Å². The molecular weight excluding hydrogens is 362 g/mol. The zero-order valence-electron chi connectivity index (χ0n) is 12.7. The Balaban J connectivity index is 2.18. The SMILES string of the molecule is COc1cc(C=Nc2ccc(Br)cc2)ccc1O[C@H](C)C(=O)O. The average Bonchev–Trinajstić information content (AvgIpc) is 2.55. The van der Waals surface area contributed by atoms with Gasteiger partial charge in [-0.25, -0.2) is 4.79 Å². The van der Waals surface area contributed by atoms with E-state index >= 15 is 0 Å².